The van der Waals surface area contributed by atoms with Crippen molar-refractivity contribution in [3.8, 4) is 0 Å². The molecule has 1 aliphatic carbocycles. The van der Waals surface area contributed by atoms with Crippen molar-refractivity contribution in [2.24, 2.45) is 0 Å². The fourth-order valence-electron chi connectivity index (χ4n) is 3.05. The van der Waals surface area contributed by atoms with Crippen molar-refractivity contribution in [3.63, 3.8) is 0 Å². The summed E-state index contributed by atoms with van der Waals surface area (Å²) in [4.78, 5) is 9.36. The number of benzene rings is 1. The van der Waals surface area contributed by atoms with E-state index in [4.69, 9.17) is 0 Å². The van der Waals surface area contributed by atoms with Gasteiger partial charge in [0.25, 0.3) is 0 Å². The van der Waals surface area contributed by atoms with Crippen LogP contribution >= 0.6 is 0 Å². The van der Waals surface area contributed by atoms with Gasteiger partial charge < -0.3 is 10.6 Å². The van der Waals surface area contributed by atoms with E-state index in [1.165, 1.54) is 38.5 Å². The van der Waals surface area contributed by atoms with E-state index in [-0.39, 0.29) is 0 Å². The SMILES string of the molecule is CCNc1nc(NC2CCCCCC2)nc2ccccc12. The molecule has 21 heavy (non-hydrogen) atoms. The Morgan fingerprint density at radius 2 is 1.81 bits per heavy atom. The number of nitrogens with zero attached hydrogens (tertiary/aromatic N) is 2. The van der Waals surface area contributed by atoms with E-state index in [0.29, 0.717) is 6.04 Å². The zero-order valence-corrected chi connectivity index (χ0v) is 12.7. The molecule has 2 N–H and O–H groups in total. The molecule has 0 amide bonds. The average molecular weight is 284 g/mol. The molecular formula is C17H24N4. The summed E-state index contributed by atoms with van der Waals surface area (Å²) in [5.74, 6) is 1.69. The highest BCUT2D eigenvalue weighted by atomic mass is 15.2. The number of fused-ring (bicyclic) bond motifs is 1. The highest BCUT2D eigenvalue weighted by Crippen LogP contribution is 2.24. The summed E-state index contributed by atoms with van der Waals surface area (Å²) in [7, 11) is 0. The summed E-state index contributed by atoms with van der Waals surface area (Å²) >= 11 is 0. The van der Waals surface area contributed by atoms with Gasteiger partial charge in [0.1, 0.15) is 5.82 Å². The van der Waals surface area contributed by atoms with Gasteiger partial charge in [-0.2, -0.15) is 4.98 Å². The van der Waals surface area contributed by atoms with Crippen LogP contribution in [-0.4, -0.2) is 22.6 Å². The van der Waals surface area contributed by atoms with Crippen LogP contribution in [0.3, 0.4) is 0 Å². The van der Waals surface area contributed by atoms with Crippen molar-refractivity contribution < 1.29 is 0 Å². The molecule has 1 fully saturated rings. The van der Waals surface area contributed by atoms with E-state index in [0.717, 1.165) is 29.2 Å². The minimum Gasteiger partial charge on any atom is -0.370 e. The lowest BCUT2D eigenvalue weighted by Gasteiger charge is -2.17. The fraction of sp³-hybridized carbons (Fsp3) is 0.529. The Bertz CT molecular complexity index is 588. The van der Waals surface area contributed by atoms with Crippen molar-refractivity contribution in [1.82, 2.24) is 9.97 Å². The Morgan fingerprint density at radius 1 is 1.05 bits per heavy atom. The standard InChI is InChI=1S/C17H24N4/c1-2-18-16-14-11-7-8-12-15(14)20-17(21-16)19-13-9-5-3-4-6-10-13/h7-8,11-13H,2-6,9-10H2,1H3,(H2,18,19,20,21). The van der Waals surface area contributed by atoms with Gasteiger partial charge in [0.2, 0.25) is 5.95 Å². The van der Waals surface area contributed by atoms with Crippen LogP contribution in [0, 0.1) is 0 Å². The minimum absolute atomic E-state index is 0.517. The molecule has 0 radical (unpaired) electrons. The fourth-order valence-corrected chi connectivity index (χ4v) is 3.05. The predicted molar refractivity (Wildman–Crippen MR) is 88.8 cm³/mol. The molecule has 0 aliphatic heterocycles. The smallest absolute Gasteiger partial charge is 0.225 e. The second-order valence-corrected chi connectivity index (χ2v) is 5.78. The Morgan fingerprint density at radius 3 is 2.57 bits per heavy atom. The molecular weight excluding hydrogens is 260 g/mol. The highest BCUT2D eigenvalue weighted by molar-refractivity contribution is 5.89. The van der Waals surface area contributed by atoms with Crippen LogP contribution in [0.1, 0.15) is 45.4 Å². The van der Waals surface area contributed by atoms with Crippen molar-refractivity contribution in [2.45, 2.75) is 51.5 Å². The zero-order valence-electron chi connectivity index (χ0n) is 12.7. The Balaban J connectivity index is 1.87. The number of anilines is 2. The van der Waals surface area contributed by atoms with E-state index in [1.807, 2.05) is 12.1 Å². The zero-order chi connectivity index (χ0) is 14.5. The van der Waals surface area contributed by atoms with Gasteiger partial charge in [0.15, 0.2) is 0 Å². The topological polar surface area (TPSA) is 49.8 Å². The van der Waals surface area contributed by atoms with Gasteiger partial charge in [0.05, 0.1) is 5.52 Å². The molecule has 0 spiro atoms. The first-order chi connectivity index (χ1) is 10.4. The van der Waals surface area contributed by atoms with E-state index in [1.54, 1.807) is 0 Å². The normalized spacial score (nSPS) is 16.6. The Kier molecular flexibility index (Phi) is 4.53. The third-order valence-electron chi connectivity index (χ3n) is 4.14. The van der Waals surface area contributed by atoms with Crippen LogP contribution in [0.2, 0.25) is 0 Å². The van der Waals surface area contributed by atoms with Gasteiger partial charge >= 0.3 is 0 Å². The lowest BCUT2D eigenvalue weighted by Crippen LogP contribution is -2.20. The first-order valence-electron chi connectivity index (χ1n) is 8.14. The van der Waals surface area contributed by atoms with Crippen LogP contribution in [0.15, 0.2) is 24.3 Å². The first-order valence-corrected chi connectivity index (χ1v) is 8.14. The van der Waals surface area contributed by atoms with Crippen LogP contribution < -0.4 is 10.6 Å². The molecule has 0 bridgehead atoms. The van der Waals surface area contributed by atoms with Crippen molar-refractivity contribution >= 4 is 22.7 Å². The maximum atomic E-state index is 4.68. The van der Waals surface area contributed by atoms with E-state index in [2.05, 4.69) is 39.7 Å². The number of rotatable bonds is 4. The number of para-hydroxylation sites is 1. The highest BCUT2D eigenvalue weighted by Gasteiger charge is 2.14. The van der Waals surface area contributed by atoms with Crippen molar-refractivity contribution in [2.75, 3.05) is 17.2 Å². The molecule has 1 aromatic carbocycles. The summed E-state index contributed by atoms with van der Waals surface area (Å²) in [6.45, 7) is 2.96. The van der Waals surface area contributed by atoms with Gasteiger partial charge in [-0.1, -0.05) is 37.8 Å². The third kappa shape index (κ3) is 3.43. The van der Waals surface area contributed by atoms with E-state index in [9.17, 15) is 0 Å². The molecule has 0 atom stereocenters. The monoisotopic (exact) mass is 284 g/mol. The minimum atomic E-state index is 0.517. The molecule has 112 valence electrons. The van der Waals surface area contributed by atoms with Gasteiger partial charge in [-0.25, -0.2) is 4.98 Å². The van der Waals surface area contributed by atoms with Crippen LogP contribution in [0.5, 0.6) is 0 Å². The number of aromatic nitrogens is 2. The Labute approximate surface area is 126 Å². The summed E-state index contributed by atoms with van der Waals surface area (Å²) in [5, 5.41) is 7.99. The molecule has 1 aliphatic rings. The lowest BCUT2D eigenvalue weighted by molar-refractivity contribution is 0.615. The second kappa shape index (κ2) is 6.74. The number of hydrogen-bond acceptors (Lipinski definition) is 4. The quantitative estimate of drug-likeness (QED) is 0.826. The molecule has 3 rings (SSSR count). The van der Waals surface area contributed by atoms with E-state index < -0.39 is 0 Å². The second-order valence-electron chi connectivity index (χ2n) is 5.78. The summed E-state index contributed by atoms with van der Waals surface area (Å²) in [5.41, 5.74) is 1.000. The van der Waals surface area contributed by atoms with Crippen LogP contribution in [0.4, 0.5) is 11.8 Å². The largest absolute Gasteiger partial charge is 0.370 e. The molecule has 2 aromatic rings. The lowest BCUT2D eigenvalue weighted by atomic mass is 10.1. The van der Waals surface area contributed by atoms with Gasteiger partial charge in [-0.3, -0.25) is 0 Å². The summed E-state index contributed by atoms with van der Waals surface area (Å²) in [6, 6.07) is 8.70. The first kappa shape index (κ1) is 14.1. The molecule has 1 saturated carbocycles. The predicted octanol–water partition coefficient (Wildman–Crippen LogP) is 4.20. The summed E-state index contributed by atoms with van der Waals surface area (Å²) in [6.07, 6.45) is 7.80. The van der Waals surface area contributed by atoms with Crippen LogP contribution in [-0.2, 0) is 0 Å². The number of nitrogens with one attached hydrogen (secondary N) is 2. The number of hydrogen-bond donors (Lipinski definition) is 2. The maximum Gasteiger partial charge on any atom is 0.225 e. The van der Waals surface area contributed by atoms with Crippen LogP contribution in [0.25, 0.3) is 10.9 Å². The molecule has 4 nitrogen and oxygen atoms in total. The maximum absolute atomic E-state index is 4.68. The molecule has 1 aromatic heterocycles. The van der Waals surface area contributed by atoms with Gasteiger partial charge in [0, 0.05) is 18.0 Å². The molecule has 0 unspecified atom stereocenters. The van der Waals surface area contributed by atoms with Crippen molar-refractivity contribution in [1.29, 1.82) is 0 Å². The average Bonchev–Trinajstić information content (AvgIpc) is 2.76. The third-order valence-corrected chi connectivity index (χ3v) is 4.14. The molecule has 4 heteroatoms. The molecule has 1 heterocycles. The van der Waals surface area contributed by atoms with Gasteiger partial charge in [-0.05, 0) is 31.9 Å². The Hall–Kier alpha value is -1.84. The summed E-state index contributed by atoms with van der Waals surface area (Å²) < 4.78 is 0. The van der Waals surface area contributed by atoms with Crippen molar-refractivity contribution in [3.05, 3.63) is 24.3 Å². The van der Waals surface area contributed by atoms with Gasteiger partial charge in [-0.15, -0.1) is 0 Å². The van der Waals surface area contributed by atoms with E-state index >= 15 is 0 Å². The molecule has 0 saturated heterocycles.